The topological polar surface area (TPSA) is 16.4 Å². The molecule has 284 valence electrons. The van der Waals surface area contributed by atoms with E-state index in [1.165, 1.54) is 77.5 Å². The van der Waals surface area contributed by atoms with Gasteiger partial charge in [-0.3, -0.25) is 0 Å². The molecule has 2 nitrogen and oxygen atoms in total. The van der Waals surface area contributed by atoms with Gasteiger partial charge in [-0.1, -0.05) is 176 Å². The van der Waals surface area contributed by atoms with E-state index in [1.54, 1.807) is 0 Å². The molecule has 0 saturated carbocycles. The van der Waals surface area contributed by atoms with Crippen LogP contribution in [0.1, 0.15) is 22.3 Å². The third-order valence-corrected chi connectivity index (χ3v) is 13.3. The number of nitrogens with zero attached hydrogens (tertiary/aromatic N) is 1. The Labute approximate surface area is 354 Å². The molecule has 0 fully saturated rings. The number of hydrogen-bond donors (Lipinski definition) is 0. The lowest BCUT2D eigenvalue weighted by Crippen LogP contribution is -2.29. The lowest BCUT2D eigenvalue weighted by Gasteiger charge is -2.36. The molecule has 2 aliphatic rings. The second-order valence-corrected chi connectivity index (χ2v) is 16.4. The fraction of sp³-hybridized carbons (Fsp3) is 0.0169. The van der Waals surface area contributed by atoms with Crippen molar-refractivity contribution >= 4 is 49.8 Å². The van der Waals surface area contributed by atoms with Crippen LogP contribution in [-0.4, -0.2) is 0 Å². The monoisotopic (exact) mass is 775 g/mol. The molecule has 0 saturated heterocycles. The van der Waals surface area contributed by atoms with Gasteiger partial charge in [-0.15, -0.1) is 0 Å². The predicted octanol–water partition coefficient (Wildman–Crippen LogP) is 15.9. The first-order valence-electron chi connectivity index (χ1n) is 21.1. The molecule has 0 amide bonds. The van der Waals surface area contributed by atoms with Gasteiger partial charge in [0.2, 0.25) is 0 Å². The number of furan rings is 1. The first kappa shape index (κ1) is 34.0. The van der Waals surface area contributed by atoms with Gasteiger partial charge in [0, 0.05) is 27.8 Å². The molecule has 13 rings (SSSR count). The minimum Gasteiger partial charge on any atom is -0.456 e. The van der Waals surface area contributed by atoms with Gasteiger partial charge in [0.05, 0.1) is 5.41 Å². The number of para-hydroxylation sites is 1. The van der Waals surface area contributed by atoms with Crippen LogP contribution >= 0.6 is 0 Å². The van der Waals surface area contributed by atoms with E-state index < -0.39 is 5.41 Å². The summed E-state index contributed by atoms with van der Waals surface area (Å²) < 4.78 is 6.36. The molecule has 1 aromatic heterocycles. The Morgan fingerprint density at radius 1 is 0.311 bits per heavy atom. The lowest BCUT2D eigenvalue weighted by atomic mass is 9.65. The summed E-state index contributed by atoms with van der Waals surface area (Å²) in [5, 5.41) is 4.74. The summed E-state index contributed by atoms with van der Waals surface area (Å²) >= 11 is 0. The Kier molecular flexibility index (Phi) is 7.26. The average molecular weight is 776 g/mol. The highest BCUT2D eigenvalue weighted by atomic mass is 16.3. The normalized spacial score (nSPS) is 14.6. The van der Waals surface area contributed by atoms with Crippen molar-refractivity contribution < 1.29 is 4.42 Å². The van der Waals surface area contributed by atoms with Crippen molar-refractivity contribution in [1.82, 2.24) is 0 Å². The largest absolute Gasteiger partial charge is 0.456 e. The third kappa shape index (κ3) is 4.85. The summed E-state index contributed by atoms with van der Waals surface area (Å²) in [6.07, 6.45) is 0. The quantitative estimate of drug-likeness (QED) is 0.177. The van der Waals surface area contributed by atoms with E-state index in [1.807, 2.05) is 6.07 Å². The van der Waals surface area contributed by atoms with Gasteiger partial charge in [-0.2, -0.15) is 0 Å². The molecule has 0 N–H and O–H groups in total. The van der Waals surface area contributed by atoms with Crippen LogP contribution < -0.4 is 4.90 Å². The molecule has 1 heterocycles. The number of rotatable bonds is 4. The molecule has 0 aliphatic heterocycles. The summed E-state index contributed by atoms with van der Waals surface area (Å²) in [7, 11) is 0. The van der Waals surface area contributed by atoms with Crippen LogP contribution in [0.5, 0.6) is 0 Å². The number of anilines is 3. The molecular formula is C59H37NO. The van der Waals surface area contributed by atoms with Crippen molar-refractivity contribution in [2.45, 2.75) is 5.41 Å². The average Bonchev–Trinajstić information content (AvgIpc) is 3.82. The molecule has 2 heteroatoms. The standard InChI is InChI=1S/C59H37NO/c1-2-14-38(15-3-1)39-26-29-41(30-27-39)60(42-32-35-57-51(36-42)49-21-10-13-25-56(49)61-57)43-31-33-48-46-19-7-6-18-45(46)47-20-8-11-23-52(47)59(55(48)37-43)53-24-12-9-22-50(53)58-44-17-5-4-16-40(44)28-34-54(58)59/h1-37H. The molecule has 1 unspecified atom stereocenters. The van der Waals surface area contributed by atoms with E-state index in [0.29, 0.717) is 0 Å². The Morgan fingerprint density at radius 2 is 0.869 bits per heavy atom. The van der Waals surface area contributed by atoms with Gasteiger partial charge in [-0.05, 0) is 126 Å². The maximum atomic E-state index is 6.36. The van der Waals surface area contributed by atoms with Crippen LogP contribution in [-0.2, 0) is 5.41 Å². The Bertz CT molecular complexity index is 3540. The minimum absolute atomic E-state index is 0.621. The van der Waals surface area contributed by atoms with Crippen LogP contribution in [0.3, 0.4) is 0 Å². The highest BCUT2D eigenvalue weighted by Crippen LogP contribution is 2.63. The van der Waals surface area contributed by atoms with Crippen molar-refractivity contribution in [3.05, 3.63) is 247 Å². The van der Waals surface area contributed by atoms with Gasteiger partial charge in [-0.25, -0.2) is 0 Å². The predicted molar refractivity (Wildman–Crippen MR) is 253 cm³/mol. The Morgan fingerprint density at radius 3 is 1.67 bits per heavy atom. The van der Waals surface area contributed by atoms with Crippen LogP contribution in [0.2, 0.25) is 0 Å². The second kappa shape index (κ2) is 13.0. The van der Waals surface area contributed by atoms with Crippen molar-refractivity contribution in [3.8, 4) is 44.5 Å². The number of benzene rings is 10. The van der Waals surface area contributed by atoms with Crippen molar-refractivity contribution in [1.29, 1.82) is 0 Å². The van der Waals surface area contributed by atoms with E-state index in [9.17, 15) is 0 Å². The lowest BCUT2D eigenvalue weighted by molar-refractivity contribution is 0.669. The van der Waals surface area contributed by atoms with Crippen LogP contribution in [0.25, 0.3) is 77.2 Å². The van der Waals surface area contributed by atoms with Crippen LogP contribution in [0, 0.1) is 0 Å². The molecule has 11 aromatic rings. The smallest absolute Gasteiger partial charge is 0.135 e. The maximum Gasteiger partial charge on any atom is 0.135 e. The number of fused-ring (bicyclic) bond motifs is 17. The minimum atomic E-state index is -0.621. The molecule has 2 aliphatic carbocycles. The molecule has 0 bridgehead atoms. The molecular weight excluding hydrogens is 739 g/mol. The molecule has 10 aromatic carbocycles. The van der Waals surface area contributed by atoms with Gasteiger partial charge in [0.15, 0.2) is 0 Å². The summed E-state index contributed by atoms with van der Waals surface area (Å²) in [6, 6.07) is 82.7. The fourth-order valence-corrected chi connectivity index (χ4v) is 10.7. The van der Waals surface area contributed by atoms with Gasteiger partial charge >= 0.3 is 0 Å². The molecule has 0 radical (unpaired) electrons. The first-order valence-corrected chi connectivity index (χ1v) is 21.1. The summed E-state index contributed by atoms with van der Waals surface area (Å²) in [4.78, 5) is 2.43. The SMILES string of the molecule is c1ccc(-c2ccc(N(c3ccc4c(c3)C3(c5ccccc5-c5ccccc5-4)c4ccccc4-c4c3ccc3ccccc43)c3ccc4oc5ccccc5c4c3)cc2)cc1. The van der Waals surface area contributed by atoms with E-state index in [0.717, 1.165) is 39.0 Å². The van der Waals surface area contributed by atoms with Gasteiger partial charge < -0.3 is 9.32 Å². The van der Waals surface area contributed by atoms with E-state index >= 15 is 0 Å². The first-order chi connectivity index (χ1) is 30.3. The second-order valence-electron chi connectivity index (χ2n) is 16.4. The highest BCUT2D eigenvalue weighted by Gasteiger charge is 2.50. The van der Waals surface area contributed by atoms with Crippen molar-refractivity contribution in [2.24, 2.45) is 0 Å². The Hall–Kier alpha value is -7.94. The fourth-order valence-electron chi connectivity index (χ4n) is 10.7. The molecule has 61 heavy (non-hydrogen) atoms. The maximum absolute atomic E-state index is 6.36. The van der Waals surface area contributed by atoms with E-state index in [2.05, 4.69) is 223 Å². The zero-order chi connectivity index (χ0) is 40.1. The summed E-state index contributed by atoms with van der Waals surface area (Å²) in [5.41, 5.74) is 19.5. The zero-order valence-electron chi connectivity index (χ0n) is 33.2. The third-order valence-electron chi connectivity index (χ3n) is 13.3. The van der Waals surface area contributed by atoms with Crippen LogP contribution in [0.15, 0.2) is 229 Å². The summed E-state index contributed by atoms with van der Waals surface area (Å²) in [5.74, 6) is 0. The zero-order valence-corrected chi connectivity index (χ0v) is 33.2. The molecule has 1 atom stereocenters. The Balaban J connectivity index is 1.13. The van der Waals surface area contributed by atoms with Crippen molar-refractivity contribution in [3.63, 3.8) is 0 Å². The number of hydrogen-bond acceptors (Lipinski definition) is 2. The van der Waals surface area contributed by atoms with Gasteiger partial charge in [0.1, 0.15) is 11.2 Å². The van der Waals surface area contributed by atoms with Crippen LogP contribution in [0.4, 0.5) is 17.1 Å². The summed E-state index contributed by atoms with van der Waals surface area (Å²) in [6.45, 7) is 0. The highest BCUT2D eigenvalue weighted by molar-refractivity contribution is 6.08. The van der Waals surface area contributed by atoms with Crippen molar-refractivity contribution in [2.75, 3.05) is 4.90 Å². The molecule has 1 spiro atoms. The van der Waals surface area contributed by atoms with E-state index in [4.69, 9.17) is 4.42 Å². The van der Waals surface area contributed by atoms with Gasteiger partial charge in [0.25, 0.3) is 0 Å². The van der Waals surface area contributed by atoms with E-state index in [-0.39, 0.29) is 0 Å².